The summed E-state index contributed by atoms with van der Waals surface area (Å²) >= 11 is 0. The molecule has 2 aromatic rings. The Morgan fingerprint density at radius 3 is 2.72 bits per heavy atom. The largest absolute Gasteiger partial charge is 0.477 e. The van der Waals surface area contributed by atoms with Crippen LogP contribution < -0.4 is 15.5 Å². The minimum Gasteiger partial charge on any atom is -0.477 e. The van der Waals surface area contributed by atoms with E-state index in [1.54, 1.807) is 17.0 Å². The summed E-state index contributed by atoms with van der Waals surface area (Å²) in [6.45, 7) is 3.78. The Morgan fingerprint density at radius 2 is 2.03 bits per heavy atom. The fourth-order valence-electron chi connectivity index (χ4n) is 3.74. The highest BCUT2D eigenvalue weighted by atomic mass is 16.5. The smallest absolute Gasteiger partial charge is 0.289 e. The zero-order valence-electron chi connectivity index (χ0n) is 17.8. The van der Waals surface area contributed by atoms with Gasteiger partial charge in [0.05, 0.1) is 18.9 Å². The number of carbonyl (C=O) groups is 2. The molecule has 32 heavy (non-hydrogen) atoms. The number of carbonyl (C=O) groups excluding carboxylic acids is 2. The summed E-state index contributed by atoms with van der Waals surface area (Å²) in [5.41, 5.74) is -0.343. The number of nitrogens with one attached hydrogen (secondary N) is 1. The first-order valence-corrected chi connectivity index (χ1v) is 10.8. The van der Waals surface area contributed by atoms with Crippen molar-refractivity contribution in [1.82, 2.24) is 15.1 Å². The Balaban J connectivity index is 1.21. The number of furan rings is 1. The van der Waals surface area contributed by atoms with Crippen molar-refractivity contribution in [3.8, 4) is 5.75 Å². The van der Waals surface area contributed by atoms with Gasteiger partial charge < -0.3 is 28.5 Å². The van der Waals surface area contributed by atoms with E-state index in [1.807, 2.05) is 0 Å². The zero-order chi connectivity index (χ0) is 22.3. The monoisotopic (exact) mass is 445 g/mol. The number of hydrogen-bond donors (Lipinski definition) is 1. The highest BCUT2D eigenvalue weighted by Crippen LogP contribution is 2.13. The molecular weight excluding hydrogens is 418 g/mol. The SMILES string of the molecule is O=C(COc1coc(CN2CCN(C(=O)c3ccco3)CC2)cc1=O)NC[C@@H]1CCCO1. The molecule has 2 aromatic heterocycles. The van der Waals surface area contributed by atoms with Gasteiger partial charge in [0.2, 0.25) is 11.2 Å². The number of ether oxygens (including phenoxy) is 2. The van der Waals surface area contributed by atoms with E-state index in [2.05, 4.69) is 10.2 Å². The lowest BCUT2D eigenvalue weighted by molar-refractivity contribution is -0.123. The second kappa shape index (κ2) is 10.5. The maximum atomic E-state index is 12.3. The summed E-state index contributed by atoms with van der Waals surface area (Å²) in [7, 11) is 0. The van der Waals surface area contributed by atoms with Crippen molar-refractivity contribution in [1.29, 1.82) is 0 Å². The summed E-state index contributed by atoms with van der Waals surface area (Å²) in [6, 6.07) is 4.72. The summed E-state index contributed by atoms with van der Waals surface area (Å²) in [4.78, 5) is 40.4. The van der Waals surface area contributed by atoms with Crippen LogP contribution in [-0.2, 0) is 16.1 Å². The molecule has 0 aromatic carbocycles. The molecule has 1 atom stereocenters. The molecular formula is C22H27N3O7. The lowest BCUT2D eigenvalue weighted by atomic mass is 10.2. The predicted octanol–water partition coefficient (Wildman–Crippen LogP) is 0.865. The summed E-state index contributed by atoms with van der Waals surface area (Å²) in [6.07, 6.45) is 4.71. The van der Waals surface area contributed by atoms with Gasteiger partial charge in [0.15, 0.2) is 12.4 Å². The lowest BCUT2D eigenvalue weighted by Gasteiger charge is -2.33. The van der Waals surface area contributed by atoms with Gasteiger partial charge in [0.25, 0.3) is 11.8 Å². The van der Waals surface area contributed by atoms with E-state index in [4.69, 9.17) is 18.3 Å². The highest BCUT2D eigenvalue weighted by molar-refractivity contribution is 5.91. The number of nitrogens with zero attached hydrogens (tertiary/aromatic N) is 2. The van der Waals surface area contributed by atoms with Crippen molar-refractivity contribution in [2.24, 2.45) is 0 Å². The molecule has 2 aliphatic heterocycles. The van der Waals surface area contributed by atoms with Gasteiger partial charge in [-0.3, -0.25) is 19.3 Å². The first-order chi connectivity index (χ1) is 15.6. The number of amides is 2. The van der Waals surface area contributed by atoms with Gasteiger partial charge in [-0.05, 0) is 25.0 Å². The fourth-order valence-corrected chi connectivity index (χ4v) is 3.74. The number of rotatable bonds is 8. The molecule has 10 nitrogen and oxygen atoms in total. The molecule has 4 rings (SSSR count). The van der Waals surface area contributed by atoms with Crippen LogP contribution in [0.25, 0.3) is 0 Å². The quantitative estimate of drug-likeness (QED) is 0.637. The molecule has 0 bridgehead atoms. The molecule has 2 amide bonds. The third kappa shape index (κ3) is 5.77. The normalized spacial score (nSPS) is 19.1. The molecule has 2 fully saturated rings. The average Bonchev–Trinajstić information content (AvgIpc) is 3.51. The molecule has 0 spiro atoms. The second-order valence-electron chi connectivity index (χ2n) is 7.85. The van der Waals surface area contributed by atoms with E-state index in [0.717, 1.165) is 19.4 Å². The van der Waals surface area contributed by atoms with Crippen LogP contribution in [0.3, 0.4) is 0 Å². The topological polar surface area (TPSA) is 114 Å². The number of piperazine rings is 1. The summed E-state index contributed by atoms with van der Waals surface area (Å²) in [5.74, 6) is 0.389. The fraction of sp³-hybridized carbons (Fsp3) is 0.500. The van der Waals surface area contributed by atoms with Crippen LogP contribution in [0.15, 0.2) is 44.4 Å². The maximum absolute atomic E-state index is 12.3. The van der Waals surface area contributed by atoms with Crippen molar-refractivity contribution in [2.45, 2.75) is 25.5 Å². The summed E-state index contributed by atoms with van der Waals surface area (Å²) in [5, 5.41) is 2.74. The Hall–Kier alpha value is -3.11. The lowest BCUT2D eigenvalue weighted by Crippen LogP contribution is -2.48. The van der Waals surface area contributed by atoms with Crippen molar-refractivity contribution in [3.05, 3.63) is 52.5 Å². The molecule has 2 aliphatic rings. The third-order valence-corrected chi connectivity index (χ3v) is 5.53. The molecule has 0 radical (unpaired) electrons. The van der Waals surface area contributed by atoms with Crippen molar-refractivity contribution in [2.75, 3.05) is 45.9 Å². The third-order valence-electron chi connectivity index (χ3n) is 5.53. The van der Waals surface area contributed by atoms with Crippen LogP contribution in [-0.4, -0.2) is 73.7 Å². The van der Waals surface area contributed by atoms with E-state index in [1.165, 1.54) is 18.6 Å². The van der Waals surface area contributed by atoms with Crippen molar-refractivity contribution in [3.63, 3.8) is 0 Å². The van der Waals surface area contributed by atoms with Crippen molar-refractivity contribution < 1.29 is 27.9 Å². The van der Waals surface area contributed by atoms with Gasteiger partial charge in [-0.1, -0.05) is 0 Å². The van der Waals surface area contributed by atoms with Gasteiger partial charge >= 0.3 is 0 Å². The molecule has 2 saturated heterocycles. The number of hydrogen-bond acceptors (Lipinski definition) is 8. The zero-order valence-corrected chi connectivity index (χ0v) is 17.8. The average molecular weight is 445 g/mol. The minimum absolute atomic E-state index is 0.00474. The van der Waals surface area contributed by atoms with Gasteiger partial charge in [0.1, 0.15) is 12.0 Å². The van der Waals surface area contributed by atoms with Crippen LogP contribution in [0, 0.1) is 0 Å². The van der Waals surface area contributed by atoms with E-state index < -0.39 is 0 Å². The molecule has 1 N–H and O–H groups in total. The van der Waals surface area contributed by atoms with E-state index in [-0.39, 0.29) is 35.7 Å². The molecule has 0 saturated carbocycles. The van der Waals surface area contributed by atoms with Crippen LogP contribution in [0.5, 0.6) is 5.75 Å². The van der Waals surface area contributed by atoms with Crippen LogP contribution in [0.1, 0.15) is 29.2 Å². The first kappa shape index (κ1) is 22.1. The van der Waals surface area contributed by atoms with Crippen LogP contribution in [0.4, 0.5) is 0 Å². The van der Waals surface area contributed by atoms with E-state index in [9.17, 15) is 14.4 Å². The molecule has 10 heteroatoms. The maximum Gasteiger partial charge on any atom is 0.289 e. The highest BCUT2D eigenvalue weighted by Gasteiger charge is 2.24. The van der Waals surface area contributed by atoms with E-state index in [0.29, 0.717) is 50.8 Å². The Kier molecular flexibility index (Phi) is 7.23. The van der Waals surface area contributed by atoms with Gasteiger partial charge in [0, 0.05) is 45.4 Å². The minimum atomic E-state index is -0.343. The van der Waals surface area contributed by atoms with Gasteiger partial charge in [-0.15, -0.1) is 0 Å². The molecule has 4 heterocycles. The van der Waals surface area contributed by atoms with Crippen LogP contribution >= 0.6 is 0 Å². The van der Waals surface area contributed by atoms with Gasteiger partial charge in [-0.2, -0.15) is 0 Å². The molecule has 172 valence electrons. The Morgan fingerprint density at radius 1 is 1.19 bits per heavy atom. The molecule has 0 aliphatic carbocycles. The van der Waals surface area contributed by atoms with Crippen molar-refractivity contribution >= 4 is 11.8 Å². The van der Waals surface area contributed by atoms with E-state index >= 15 is 0 Å². The van der Waals surface area contributed by atoms with Crippen LogP contribution in [0.2, 0.25) is 0 Å². The first-order valence-electron chi connectivity index (χ1n) is 10.8. The standard InChI is InChI=1S/C22H27N3O7/c26-18-11-17(13-24-5-7-25(8-6-24)22(28)19-4-2-10-30-19)31-14-20(18)32-15-21(27)23-12-16-3-1-9-29-16/h2,4,10-11,14,16H,1,3,5-9,12-13,15H2,(H,23,27)/t16-/m0/s1. The van der Waals surface area contributed by atoms with Gasteiger partial charge in [-0.25, -0.2) is 0 Å². The Bertz CT molecular complexity index is 958. The second-order valence-corrected chi connectivity index (χ2v) is 7.85. The summed E-state index contributed by atoms with van der Waals surface area (Å²) < 4.78 is 21.5. The Labute approximate surface area is 185 Å². The predicted molar refractivity (Wildman–Crippen MR) is 112 cm³/mol. The molecule has 0 unspecified atom stereocenters.